The van der Waals surface area contributed by atoms with Crippen molar-refractivity contribution in [3.8, 4) is 11.5 Å². The summed E-state index contributed by atoms with van der Waals surface area (Å²) in [5, 5.41) is 5.43. The summed E-state index contributed by atoms with van der Waals surface area (Å²) in [4.78, 5) is 27.2. The highest BCUT2D eigenvalue weighted by Crippen LogP contribution is 2.29. The predicted molar refractivity (Wildman–Crippen MR) is 121 cm³/mol. The average Bonchev–Trinajstić information content (AvgIpc) is 2.83. The number of nitrogens with one attached hydrogen (secondary N) is 2. The molecule has 1 atom stereocenters. The van der Waals surface area contributed by atoms with Crippen LogP contribution in [0.1, 0.15) is 27.5 Å². The Morgan fingerprint density at radius 1 is 1.09 bits per heavy atom. The van der Waals surface area contributed by atoms with Gasteiger partial charge in [0.2, 0.25) is 5.91 Å². The molecule has 2 aromatic rings. The minimum atomic E-state index is -3.02. The van der Waals surface area contributed by atoms with Crippen molar-refractivity contribution in [2.75, 3.05) is 46.5 Å². The number of hydrogen-bond donors (Lipinski definition) is 2. The Morgan fingerprint density at radius 3 is 2.53 bits per heavy atom. The summed E-state index contributed by atoms with van der Waals surface area (Å²) < 4.78 is 39.8. The highest BCUT2D eigenvalue weighted by molar-refractivity contribution is 5.97. The number of aryl methyl sites for hydroxylation is 1. The number of amides is 2. The van der Waals surface area contributed by atoms with E-state index in [2.05, 4.69) is 26.3 Å². The summed E-state index contributed by atoms with van der Waals surface area (Å²) in [6.45, 7) is 1.95. The summed E-state index contributed by atoms with van der Waals surface area (Å²) in [7, 11) is 1.28. The molecule has 1 fully saturated rings. The van der Waals surface area contributed by atoms with E-state index in [-0.39, 0.29) is 35.6 Å². The molecule has 0 radical (unpaired) electrons. The van der Waals surface area contributed by atoms with Gasteiger partial charge in [0, 0.05) is 25.2 Å². The van der Waals surface area contributed by atoms with E-state index >= 15 is 0 Å². The van der Waals surface area contributed by atoms with Crippen LogP contribution in [0, 0.1) is 6.92 Å². The number of hydrogen-bond acceptors (Lipinski definition) is 6. The maximum absolute atomic E-state index is 12.5. The molecule has 3 rings (SSSR count). The summed E-state index contributed by atoms with van der Waals surface area (Å²) in [6, 6.07) is 11.9. The number of methoxy groups -OCH3 is 1. The smallest absolute Gasteiger partial charge is 0.387 e. The third-order valence-corrected chi connectivity index (χ3v) is 5.46. The molecule has 10 heteroatoms. The van der Waals surface area contributed by atoms with Crippen LogP contribution >= 0.6 is 0 Å². The Hall–Kier alpha value is -3.24. The standard InChI is InChI=1S/C24H29F2N3O5/c1-16-4-3-5-17(12-16)19(29-8-10-33-11-9-29)14-27-22(30)15-28-23(31)18-6-7-20(34-24(25)26)21(13-18)32-2/h3-7,12-13,19,24H,8-11,14-15H2,1-2H3,(H,27,30)(H,28,31). The number of nitrogens with zero attached hydrogens (tertiary/aromatic N) is 1. The van der Waals surface area contributed by atoms with E-state index in [4.69, 9.17) is 9.47 Å². The van der Waals surface area contributed by atoms with Crippen molar-refractivity contribution in [3.05, 3.63) is 59.2 Å². The lowest BCUT2D eigenvalue weighted by Gasteiger charge is -2.35. The van der Waals surface area contributed by atoms with E-state index in [1.54, 1.807) is 0 Å². The summed E-state index contributed by atoms with van der Waals surface area (Å²) in [5.74, 6) is -1.08. The van der Waals surface area contributed by atoms with Gasteiger partial charge in [0.05, 0.1) is 32.9 Å². The first kappa shape index (κ1) is 25.4. The van der Waals surface area contributed by atoms with Crippen LogP contribution in [0.15, 0.2) is 42.5 Å². The molecule has 1 unspecified atom stereocenters. The zero-order chi connectivity index (χ0) is 24.5. The molecule has 2 N–H and O–H groups in total. The monoisotopic (exact) mass is 477 g/mol. The summed E-state index contributed by atoms with van der Waals surface area (Å²) in [6.07, 6.45) is 0. The number of carbonyl (C=O) groups excluding carboxylic acids is 2. The molecule has 184 valence electrons. The van der Waals surface area contributed by atoms with Crippen LogP contribution in [-0.4, -0.2) is 69.8 Å². The van der Waals surface area contributed by atoms with Gasteiger partial charge in [-0.05, 0) is 30.7 Å². The van der Waals surface area contributed by atoms with E-state index in [1.807, 2.05) is 25.1 Å². The van der Waals surface area contributed by atoms with Crippen molar-refractivity contribution < 1.29 is 32.6 Å². The van der Waals surface area contributed by atoms with E-state index < -0.39 is 12.5 Å². The highest BCUT2D eigenvalue weighted by atomic mass is 19.3. The van der Waals surface area contributed by atoms with Crippen molar-refractivity contribution in [3.63, 3.8) is 0 Å². The fraction of sp³-hybridized carbons (Fsp3) is 0.417. The lowest BCUT2D eigenvalue weighted by atomic mass is 10.0. The number of carbonyl (C=O) groups is 2. The molecule has 0 aromatic heterocycles. The van der Waals surface area contributed by atoms with Crippen LogP contribution in [0.5, 0.6) is 11.5 Å². The first-order valence-corrected chi connectivity index (χ1v) is 10.9. The Balaban J connectivity index is 1.57. The molecule has 2 aromatic carbocycles. The summed E-state index contributed by atoms with van der Waals surface area (Å²) in [5.41, 5.74) is 2.39. The zero-order valence-electron chi connectivity index (χ0n) is 19.2. The lowest BCUT2D eigenvalue weighted by molar-refractivity contribution is -0.120. The molecule has 8 nitrogen and oxygen atoms in total. The van der Waals surface area contributed by atoms with Crippen molar-refractivity contribution in [1.29, 1.82) is 0 Å². The predicted octanol–water partition coefficient (Wildman–Crippen LogP) is 2.52. The second-order valence-electron chi connectivity index (χ2n) is 7.81. The SMILES string of the molecule is COc1cc(C(=O)NCC(=O)NCC(c2cccc(C)c2)N2CCOCC2)ccc1OC(F)F. The molecule has 1 aliphatic rings. The van der Waals surface area contributed by atoms with Gasteiger partial charge in [-0.1, -0.05) is 29.8 Å². The maximum atomic E-state index is 12.5. The van der Waals surface area contributed by atoms with Crippen molar-refractivity contribution >= 4 is 11.8 Å². The van der Waals surface area contributed by atoms with Gasteiger partial charge < -0.3 is 24.8 Å². The van der Waals surface area contributed by atoms with E-state index in [9.17, 15) is 18.4 Å². The quantitative estimate of drug-likeness (QED) is 0.547. The maximum Gasteiger partial charge on any atom is 0.387 e. The largest absolute Gasteiger partial charge is 0.493 e. The third-order valence-electron chi connectivity index (χ3n) is 5.46. The van der Waals surface area contributed by atoms with Crippen LogP contribution in [0.2, 0.25) is 0 Å². The van der Waals surface area contributed by atoms with Crippen LogP contribution in [-0.2, 0) is 9.53 Å². The van der Waals surface area contributed by atoms with E-state index in [1.165, 1.54) is 25.3 Å². The van der Waals surface area contributed by atoms with Gasteiger partial charge in [-0.15, -0.1) is 0 Å². The average molecular weight is 478 g/mol. The second-order valence-corrected chi connectivity index (χ2v) is 7.81. The van der Waals surface area contributed by atoms with Gasteiger partial charge in [0.1, 0.15) is 0 Å². The molecule has 1 saturated heterocycles. The summed E-state index contributed by atoms with van der Waals surface area (Å²) >= 11 is 0. The molecule has 0 bridgehead atoms. The topological polar surface area (TPSA) is 89.1 Å². The van der Waals surface area contributed by atoms with Gasteiger partial charge in [-0.2, -0.15) is 8.78 Å². The van der Waals surface area contributed by atoms with E-state index in [0.29, 0.717) is 19.8 Å². The van der Waals surface area contributed by atoms with E-state index in [0.717, 1.165) is 24.2 Å². The van der Waals surface area contributed by atoms with Crippen molar-refractivity contribution in [2.24, 2.45) is 0 Å². The van der Waals surface area contributed by atoms with Gasteiger partial charge in [0.15, 0.2) is 11.5 Å². The normalized spacial score (nSPS) is 15.0. The van der Waals surface area contributed by atoms with Crippen molar-refractivity contribution in [1.82, 2.24) is 15.5 Å². The fourth-order valence-electron chi connectivity index (χ4n) is 3.76. The Morgan fingerprint density at radius 2 is 1.85 bits per heavy atom. The lowest BCUT2D eigenvalue weighted by Crippen LogP contribution is -2.45. The number of rotatable bonds is 10. The molecule has 2 amide bonds. The first-order valence-electron chi connectivity index (χ1n) is 10.9. The van der Waals surface area contributed by atoms with Crippen LogP contribution < -0.4 is 20.1 Å². The molecule has 34 heavy (non-hydrogen) atoms. The second kappa shape index (κ2) is 12.3. The number of benzene rings is 2. The molecule has 0 saturated carbocycles. The highest BCUT2D eigenvalue weighted by Gasteiger charge is 2.23. The molecular formula is C24H29F2N3O5. The minimum absolute atomic E-state index is 0.0103. The fourth-order valence-corrected chi connectivity index (χ4v) is 3.76. The Kier molecular flexibility index (Phi) is 9.17. The number of alkyl halides is 2. The van der Waals surface area contributed by atoms with Crippen molar-refractivity contribution in [2.45, 2.75) is 19.6 Å². The molecule has 0 aliphatic carbocycles. The number of halogens is 2. The van der Waals surface area contributed by atoms with Gasteiger partial charge in [-0.3, -0.25) is 14.5 Å². The molecular weight excluding hydrogens is 448 g/mol. The molecule has 1 heterocycles. The van der Waals surface area contributed by atoms with Crippen LogP contribution in [0.3, 0.4) is 0 Å². The number of morpholine rings is 1. The number of ether oxygens (including phenoxy) is 3. The minimum Gasteiger partial charge on any atom is -0.493 e. The Labute approximate surface area is 197 Å². The molecule has 0 spiro atoms. The zero-order valence-corrected chi connectivity index (χ0v) is 19.2. The van der Waals surface area contributed by atoms with Gasteiger partial charge in [0.25, 0.3) is 5.91 Å². The van der Waals surface area contributed by atoms with Gasteiger partial charge >= 0.3 is 6.61 Å². The first-order chi connectivity index (χ1) is 16.4. The van der Waals surface area contributed by atoms with Gasteiger partial charge in [-0.25, -0.2) is 0 Å². The van der Waals surface area contributed by atoms with Crippen LogP contribution in [0.25, 0.3) is 0 Å². The van der Waals surface area contributed by atoms with Crippen LogP contribution in [0.4, 0.5) is 8.78 Å². The Bertz CT molecular complexity index is 983. The molecule has 1 aliphatic heterocycles. The third kappa shape index (κ3) is 7.13.